The summed E-state index contributed by atoms with van der Waals surface area (Å²) in [6, 6.07) is 0. The maximum atomic E-state index is 7.88. The van der Waals surface area contributed by atoms with Crippen LogP contribution >= 0.6 is 0 Å². The van der Waals surface area contributed by atoms with E-state index in [0.717, 1.165) is 0 Å². The average Bonchev–Trinajstić information content (AvgIpc) is 0.918. The number of hydrogen-bond acceptors (Lipinski definition) is 2. The van der Waals surface area contributed by atoms with Gasteiger partial charge in [0, 0.05) is 19.8 Å². The fraction of sp³-hybridized carbons (Fsp3) is 0. The standard InChI is InChI=1S/O3.Os/c1-3-2;. The Bertz CT molecular complexity index is 10.8. The van der Waals surface area contributed by atoms with Gasteiger partial charge in [0.25, 0.3) is 0 Å². The van der Waals surface area contributed by atoms with E-state index in [1.807, 2.05) is 0 Å². The minimum Gasteiger partial charge on any atom is -0.0772 e. The number of hydrogen-bond donors (Lipinski definition) is 0. The van der Waals surface area contributed by atoms with Gasteiger partial charge in [-0.1, -0.05) is 10.2 Å². The van der Waals surface area contributed by atoms with E-state index in [1.165, 1.54) is 0 Å². The van der Waals surface area contributed by atoms with Crippen molar-refractivity contribution in [1.82, 2.24) is 0 Å². The van der Waals surface area contributed by atoms with Crippen molar-refractivity contribution in [3.05, 3.63) is 9.71 Å². The van der Waals surface area contributed by atoms with E-state index in [4.69, 9.17) is 10.2 Å². The van der Waals surface area contributed by atoms with E-state index in [-0.39, 0.29) is 19.8 Å². The van der Waals surface area contributed by atoms with Gasteiger partial charge in [0.2, 0.25) is 0 Å². The summed E-state index contributed by atoms with van der Waals surface area (Å²) in [7, 11) is 0. The normalized spacial score (nSPS) is 3.00. The Hall–Kier alpha value is 0.0364. The summed E-state index contributed by atoms with van der Waals surface area (Å²) in [6.45, 7) is 0. The van der Waals surface area contributed by atoms with Crippen LogP contribution in [0.15, 0.2) is 0 Å². The smallest absolute Gasteiger partial charge is 0.0772 e. The van der Waals surface area contributed by atoms with Crippen LogP contribution in [-0.2, 0) is 19.8 Å². The quantitative estimate of drug-likeness (QED) is 0.305. The van der Waals surface area contributed by atoms with Crippen LogP contribution < -0.4 is 5.26 Å². The summed E-state index contributed by atoms with van der Waals surface area (Å²) < 4.78 is 1.75. The van der Waals surface area contributed by atoms with Crippen molar-refractivity contribution in [2.75, 3.05) is 0 Å². The molecular formula is O3Os. The van der Waals surface area contributed by atoms with Gasteiger partial charge in [0.05, 0.1) is 0 Å². The van der Waals surface area contributed by atoms with Gasteiger partial charge in [-0.2, -0.15) is 0 Å². The van der Waals surface area contributed by atoms with Crippen molar-refractivity contribution in [2.24, 2.45) is 0 Å². The van der Waals surface area contributed by atoms with Crippen molar-refractivity contribution < 1.29 is 25.0 Å². The molecule has 0 spiro atoms. The third kappa shape index (κ3) is 1650. The van der Waals surface area contributed by atoms with E-state index < -0.39 is 0 Å². The predicted molar refractivity (Wildman–Crippen MR) is 6.73 cm³/mol. The summed E-state index contributed by atoms with van der Waals surface area (Å²) in [5, 5.41) is 7.88. The largest absolute Gasteiger partial charge is 0.154 e. The third-order valence-electron chi connectivity index (χ3n) is 0. The van der Waals surface area contributed by atoms with E-state index in [1.54, 1.807) is 4.75 Å². The van der Waals surface area contributed by atoms with Gasteiger partial charge in [-0.15, -0.1) is 0 Å². The fourth-order valence-corrected chi connectivity index (χ4v) is 0. The van der Waals surface area contributed by atoms with Crippen LogP contribution in [0.3, 0.4) is 0 Å². The van der Waals surface area contributed by atoms with Gasteiger partial charge in [0.15, 0.2) is 4.75 Å². The van der Waals surface area contributed by atoms with Gasteiger partial charge >= 0.3 is 0 Å². The predicted octanol–water partition coefficient (Wildman–Crippen LogP) is -1.12. The molecule has 0 saturated carbocycles. The zero-order chi connectivity index (χ0) is 2.71. The third-order valence-corrected chi connectivity index (χ3v) is 0. The monoisotopic (exact) mass is 240 g/mol. The molecule has 0 rings (SSSR count). The Labute approximate surface area is 35.5 Å². The molecular weight excluding hydrogens is 238 g/mol. The second-order valence-electron chi connectivity index (χ2n) is 0.0680. The van der Waals surface area contributed by atoms with Crippen molar-refractivity contribution in [2.45, 2.75) is 0 Å². The summed E-state index contributed by atoms with van der Waals surface area (Å²) in [5.74, 6) is 0. The fourth-order valence-electron chi connectivity index (χ4n) is 0. The van der Waals surface area contributed by atoms with E-state index in [9.17, 15) is 0 Å². The molecule has 0 radical (unpaired) electrons. The van der Waals surface area contributed by atoms with Crippen LogP contribution in [0, 0.1) is 9.71 Å². The molecule has 0 aliphatic carbocycles. The zero-order valence-corrected chi connectivity index (χ0v) is 4.12. The molecule has 0 amide bonds. The van der Waals surface area contributed by atoms with Crippen LogP contribution in [0.1, 0.15) is 0 Å². The van der Waals surface area contributed by atoms with Crippen LogP contribution in [-0.4, -0.2) is 0 Å². The van der Waals surface area contributed by atoms with Crippen LogP contribution in [0.5, 0.6) is 0 Å². The Morgan fingerprint density at radius 3 is 1.75 bits per heavy atom. The van der Waals surface area contributed by atoms with Crippen molar-refractivity contribution in [1.29, 1.82) is 0 Å². The van der Waals surface area contributed by atoms with Gasteiger partial charge in [-0.25, -0.2) is 0 Å². The molecule has 4 heavy (non-hydrogen) atoms. The summed E-state index contributed by atoms with van der Waals surface area (Å²) in [6.07, 6.45) is 0. The van der Waals surface area contributed by atoms with Gasteiger partial charge < -0.3 is 0 Å². The molecule has 3 nitrogen and oxygen atoms in total. The maximum Gasteiger partial charge on any atom is 0.154 e. The summed E-state index contributed by atoms with van der Waals surface area (Å²) >= 11 is 0. The first-order chi connectivity index (χ1) is 1.41. The molecule has 0 atom stereocenters. The van der Waals surface area contributed by atoms with Crippen LogP contribution in [0.2, 0.25) is 0 Å². The molecule has 0 N–H and O–H groups in total. The molecule has 0 aliphatic rings. The first kappa shape index (κ1) is 8.97. The van der Waals surface area contributed by atoms with Crippen molar-refractivity contribution in [3.63, 3.8) is 0 Å². The Kier molecular flexibility index (Phi) is 26.3. The van der Waals surface area contributed by atoms with E-state index in [2.05, 4.69) is 0 Å². The first-order valence-corrected chi connectivity index (χ1v) is 0.333. The molecule has 0 aromatic rings. The minimum atomic E-state index is 0. The molecule has 0 fully saturated rings. The molecule has 0 aromatic carbocycles. The van der Waals surface area contributed by atoms with Crippen LogP contribution in [0.4, 0.5) is 0 Å². The van der Waals surface area contributed by atoms with E-state index in [0.29, 0.717) is 0 Å². The minimum absolute atomic E-state index is 0. The SMILES string of the molecule is O=[O+][O-].[Os]. The summed E-state index contributed by atoms with van der Waals surface area (Å²) in [5.41, 5.74) is 0. The second kappa shape index (κ2) is 11.7. The average molecular weight is 238 g/mol. The van der Waals surface area contributed by atoms with Gasteiger partial charge in [-0.3, -0.25) is 0 Å². The molecule has 26 valence electrons. The topological polar surface area (TPSA) is 51.4 Å². The molecule has 0 aromatic heterocycles. The molecule has 0 bridgehead atoms. The molecule has 0 heterocycles. The van der Waals surface area contributed by atoms with Crippen LogP contribution in [0.25, 0.3) is 0 Å². The van der Waals surface area contributed by atoms with Crippen molar-refractivity contribution >= 4 is 0 Å². The first-order valence-electron chi connectivity index (χ1n) is 0.333. The molecule has 0 saturated heterocycles. The maximum absolute atomic E-state index is 7.88. The Morgan fingerprint density at radius 2 is 1.75 bits per heavy atom. The van der Waals surface area contributed by atoms with Gasteiger partial charge in [-0.05, 0) is 0 Å². The second-order valence-corrected chi connectivity index (χ2v) is 0.0680. The molecule has 0 aliphatic heterocycles. The number of rotatable bonds is 0. The Morgan fingerprint density at radius 1 is 1.75 bits per heavy atom. The van der Waals surface area contributed by atoms with Gasteiger partial charge in [0.1, 0.15) is 0 Å². The molecule has 4 heteroatoms. The Balaban J connectivity index is 0. The van der Waals surface area contributed by atoms with E-state index >= 15 is 0 Å². The summed E-state index contributed by atoms with van der Waals surface area (Å²) in [4.78, 5) is 7.88. The molecule has 0 unspecified atom stereocenters. The van der Waals surface area contributed by atoms with Crippen molar-refractivity contribution in [3.8, 4) is 0 Å². The zero-order valence-electron chi connectivity index (χ0n) is 1.58.